The van der Waals surface area contributed by atoms with Crippen LogP contribution in [0.4, 0.5) is 5.69 Å². The fraction of sp³-hybridized carbons (Fsp3) is 0.304. The van der Waals surface area contributed by atoms with Gasteiger partial charge in [0.25, 0.3) is 11.8 Å². The van der Waals surface area contributed by atoms with E-state index >= 15 is 0 Å². The van der Waals surface area contributed by atoms with Crippen molar-refractivity contribution in [1.82, 2.24) is 4.90 Å². The number of anilines is 1. The second-order valence-corrected chi connectivity index (χ2v) is 6.98. The highest BCUT2D eigenvalue weighted by molar-refractivity contribution is 6.36. The number of aryl methyl sites for hydroxylation is 2. The number of benzene rings is 2. The second kappa shape index (κ2) is 8.92. The van der Waals surface area contributed by atoms with E-state index in [0.717, 1.165) is 16.7 Å². The summed E-state index contributed by atoms with van der Waals surface area (Å²) in [5.41, 5.74) is 4.18. The number of nitrogens with one attached hydrogen (secondary N) is 1. The second-order valence-electron chi connectivity index (χ2n) is 6.98. The van der Waals surface area contributed by atoms with Gasteiger partial charge in [-0.05, 0) is 49.1 Å². The van der Waals surface area contributed by atoms with E-state index in [0.29, 0.717) is 36.6 Å². The standard InChI is InChI=1S/C23H26N2O4/c1-15-10-11-17(14-16(15)2)20-21(24-18-8-5-6-9-19(18)29-4)23(27)25(22(20)26)12-7-13-28-3/h5-6,8-11,14,24H,7,12-13H2,1-4H3. The van der Waals surface area contributed by atoms with Gasteiger partial charge in [-0.2, -0.15) is 0 Å². The van der Waals surface area contributed by atoms with Gasteiger partial charge in [-0.1, -0.05) is 30.3 Å². The highest BCUT2D eigenvalue weighted by atomic mass is 16.5. The number of amides is 2. The minimum absolute atomic E-state index is 0.264. The molecule has 0 saturated heterocycles. The molecular weight excluding hydrogens is 368 g/mol. The molecule has 1 N–H and O–H groups in total. The Morgan fingerprint density at radius 3 is 2.41 bits per heavy atom. The lowest BCUT2D eigenvalue weighted by atomic mass is 9.99. The molecule has 2 aromatic carbocycles. The van der Waals surface area contributed by atoms with Crippen molar-refractivity contribution in [3.63, 3.8) is 0 Å². The largest absolute Gasteiger partial charge is 0.495 e. The first-order valence-corrected chi connectivity index (χ1v) is 9.55. The summed E-state index contributed by atoms with van der Waals surface area (Å²) in [6.45, 7) is 4.78. The number of para-hydroxylation sites is 2. The van der Waals surface area contributed by atoms with E-state index < -0.39 is 0 Å². The Bertz CT molecular complexity index is 965. The van der Waals surface area contributed by atoms with Crippen LogP contribution in [-0.4, -0.2) is 44.1 Å². The fourth-order valence-corrected chi connectivity index (χ4v) is 3.31. The number of nitrogens with zero attached hydrogens (tertiary/aromatic N) is 1. The minimum Gasteiger partial charge on any atom is -0.495 e. The van der Waals surface area contributed by atoms with Crippen molar-refractivity contribution >= 4 is 23.1 Å². The molecule has 152 valence electrons. The van der Waals surface area contributed by atoms with E-state index in [2.05, 4.69) is 5.32 Å². The van der Waals surface area contributed by atoms with Crippen LogP contribution in [0, 0.1) is 13.8 Å². The van der Waals surface area contributed by atoms with Gasteiger partial charge in [0.1, 0.15) is 11.4 Å². The van der Waals surface area contributed by atoms with Crippen molar-refractivity contribution in [1.29, 1.82) is 0 Å². The van der Waals surface area contributed by atoms with Crippen molar-refractivity contribution in [3.8, 4) is 5.75 Å². The summed E-state index contributed by atoms with van der Waals surface area (Å²) in [6.07, 6.45) is 0.579. The molecule has 0 spiro atoms. The molecule has 2 amide bonds. The van der Waals surface area contributed by atoms with Crippen LogP contribution in [0.5, 0.6) is 5.75 Å². The van der Waals surface area contributed by atoms with Crippen LogP contribution in [0.3, 0.4) is 0 Å². The molecule has 6 nitrogen and oxygen atoms in total. The van der Waals surface area contributed by atoms with E-state index in [9.17, 15) is 9.59 Å². The number of imide groups is 1. The van der Waals surface area contributed by atoms with Crippen molar-refractivity contribution in [2.24, 2.45) is 0 Å². The van der Waals surface area contributed by atoms with Crippen LogP contribution in [-0.2, 0) is 14.3 Å². The quantitative estimate of drug-likeness (QED) is 0.548. The van der Waals surface area contributed by atoms with Gasteiger partial charge < -0.3 is 14.8 Å². The molecule has 0 radical (unpaired) electrons. The Kier molecular flexibility index (Phi) is 6.34. The lowest BCUT2D eigenvalue weighted by Crippen LogP contribution is -2.33. The Morgan fingerprint density at radius 2 is 1.72 bits per heavy atom. The third-order valence-corrected chi connectivity index (χ3v) is 5.06. The normalized spacial score (nSPS) is 14.0. The fourth-order valence-electron chi connectivity index (χ4n) is 3.31. The third-order valence-electron chi connectivity index (χ3n) is 5.06. The first-order chi connectivity index (χ1) is 14.0. The summed E-state index contributed by atoms with van der Waals surface area (Å²) >= 11 is 0. The molecule has 1 aliphatic rings. The summed E-state index contributed by atoms with van der Waals surface area (Å²) in [6, 6.07) is 13.1. The third kappa shape index (κ3) is 4.17. The molecular formula is C23H26N2O4. The van der Waals surface area contributed by atoms with Crippen molar-refractivity contribution < 1.29 is 19.1 Å². The number of carbonyl (C=O) groups is 2. The highest BCUT2D eigenvalue weighted by Crippen LogP contribution is 2.33. The predicted octanol–water partition coefficient (Wildman–Crippen LogP) is 3.54. The van der Waals surface area contributed by atoms with Gasteiger partial charge >= 0.3 is 0 Å². The van der Waals surface area contributed by atoms with Crippen LogP contribution < -0.4 is 10.1 Å². The van der Waals surface area contributed by atoms with Gasteiger partial charge in [-0.25, -0.2) is 0 Å². The van der Waals surface area contributed by atoms with Gasteiger partial charge in [0.05, 0.1) is 18.4 Å². The van der Waals surface area contributed by atoms with Crippen molar-refractivity contribution in [3.05, 3.63) is 64.9 Å². The molecule has 29 heavy (non-hydrogen) atoms. The highest BCUT2D eigenvalue weighted by Gasteiger charge is 2.39. The van der Waals surface area contributed by atoms with Crippen LogP contribution in [0.1, 0.15) is 23.1 Å². The Hall–Kier alpha value is -3.12. The summed E-state index contributed by atoms with van der Waals surface area (Å²) in [4.78, 5) is 27.6. The zero-order valence-electron chi connectivity index (χ0n) is 17.2. The first kappa shape index (κ1) is 20.6. The topological polar surface area (TPSA) is 67.9 Å². The number of carbonyl (C=O) groups excluding carboxylic acids is 2. The molecule has 0 fully saturated rings. The molecule has 0 unspecified atom stereocenters. The van der Waals surface area contributed by atoms with Crippen LogP contribution >= 0.6 is 0 Å². The van der Waals surface area contributed by atoms with E-state index in [-0.39, 0.29) is 17.5 Å². The summed E-state index contributed by atoms with van der Waals surface area (Å²) in [5.74, 6) is -0.0468. The molecule has 3 rings (SSSR count). The molecule has 6 heteroatoms. The molecule has 0 bridgehead atoms. The zero-order chi connectivity index (χ0) is 21.0. The minimum atomic E-state index is -0.342. The first-order valence-electron chi connectivity index (χ1n) is 9.55. The van der Waals surface area contributed by atoms with E-state index in [1.165, 1.54) is 4.90 Å². The smallest absolute Gasteiger partial charge is 0.278 e. The van der Waals surface area contributed by atoms with Crippen molar-refractivity contribution in [2.75, 3.05) is 32.7 Å². The van der Waals surface area contributed by atoms with Crippen LogP contribution in [0.15, 0.2) is 48.2 Å². The zero-order valence-corrected chi connectivity index (χ0v) is 17.2. The number of rotatable bonds is 8. The Balaban J connectivity index is 2.05. The van der Waals surface area contributed by atoms with Gasteiger partial charge in [0, 0.05) is 20.3 Å². The summed E-state index contributed by atoms with van der Waals surface area (Å²) in [5, 5.41) is 3.15. The average Bonchev–Trinajstić information content (AvgIpc) is 2.95. The molecule has 0 aromatic heterocycles. The number of hydrogen-bond acceptors (Lipinski definition) is 5. The van der Waals surface area contributed by atoms with Gasteiger partial charge in [-0.3, -0.25) is 14.5 Å². The van der Waals surface area contributed by atoms with E-state index in [1.54, 1.807) is 20.3 Å². The maximum absolute atomic E-state index is 13.2. The number of methoxy groups -OCH3 is 2. The van der Waals surface area contributed by atoms with Crippen LogP contribution in [0.25, 0.3) is 5.57 Å². The predicted molar refractivity (Wildman–Crippen MR) is 113 cm³/mol. The molecule has 2 aromatic rings. The van der Waals surface area contributed by atoms with E-state index in [4.69, 9.17) is 9.47 Å². The lowest BCUT2D eigenvalue weighted by molar-refractivity contribution is -0.136. The summed E-state index contributed by atoms with van der Waals surface area (Å²) < 4.78 is 10.5. The summed E-state index contributed by atoms with van der Waals surface area (Å²) in [7, 11) is 3.17. The monoisotopic (exact) mass is 394 g/mol. The van der Waals surface area contributed by atoms with Crippen molar-refractivity contribution in [2.45, 2.75) is 20.3 Å². The maximum atomic E-state index is 13.2. The molecule has 0 atom stereocenters. The van der Waals surface area contributed by atoms with Gasteiger partial charge in [0.2, 0.25) is 0 Å². The SMILES string of the molecule is COCCCN1C(=O)C(Nc2ccccc2OC)=C(c2ccc(C)c(C)c2)C1=O. The molecule has 0 saturated carbocycles. The average molecular weight is 394 g/mol. The maximum Gasteiger partial charge on any atom is 0.278 e. The van der Waals surface area contributed by atoms with E-state index in [1.807, 2.05) is 50.2 Å². The number of hydrogen-bond donors (Lipinski definition) is 1. The van der Waals surface area contributed by atoms with Gasteiger partial charge in [0.15, 0.2) is 0 Å². The van der Waals surface area contributed by atoms with Gasteiger partial charge in [-0.15, -0.1) is 0 Å². The lowest BCUT2D eigenvalue weighted by Gasteiger charge is -2.15. The molecule has 0 aliphatic carbocycles. The molecule has 1 aliphatic heterocycles. The molecule has 1 heterocycles. The Labute approximate surface area is 171 Å². The number of ether oxygens (including phenoxy) is 2. The van der Waals surface area contributed by atoms with Crippen LogP contribution in [0.2, 0.25) is 0 Å². The Morgan fingerprint density at radius 1 is 0.966 bits per heavy atom.